The zero-order valence-electron chi connectivity index (χ0n) is 19.6. The second kappa shape index (κ2) is 8.73. The summed E-state index contributed by atoms with van der Waals surface area (Å²) in [6.07, 6.45) is 4.35. The number of furan rings is 2. The number of rotatable bonds is 3. The van der Waals surface area contributed by atoms with Crippen LogP contribution in [0.4, 0.5) is 0 Å². The highest BCUT2D eigenvalue weighted by Crippen LogP contribution is 2.38. The quantitative estimate of drug-likeness (QED) is 0.217. The first kappa shape index (κ1) is 23.2. The molecule has 0 unspecified atom stereocenters. The van der Waals surface area contributed by atoms with Crippen LogP contribution >= 0.6 is 15.9 Å². The second-order valence-electron chi connectivity index (χ2n) is 9.45. The number of hydrogen-bond acceptors (Lipinski definition) is 4. The molecule has 1 fully saturated rings. The second-order valence-corrected chi connectivity index (χ2v) is 10.0. The van der Waals surface area contributed by atoms with Crippen LogP contribution in [0.25, 0.3) is 21.9 Å². The van der Waals surface area contributed by atoms with Crippen LogP contribution in [-0.2, 0) is 21.0 Å². The van der Waals surface area contributed by atoms with Crippen molar-refractivity contribution < 1.29 is 18.1 Å². The fourth-order valence-corrected chi connectivity index (χ4v) is 4.43. The lowest BCUT2D eigenvalue weighted by molar-refractivity contribution is 0.00578. The topological polar surface area (TPSA) is 44.7 Å². The molecule has 1 aliphatic heterocycles. The van der Waals surface area contributed by atoms with Crippen molar-refractivity contribution >= 4 is 45.0 Å². The van der Waals surface area contributed by atoms with Gasteiger partial charge in [0, 0.05) is 28.0 Å². The summed E-state index contributed by atoms with van der Waals surface area (Å²) >= 11 is 3.42. The highest BCUT2D eigenvalue weighted by Gasteiger charge is 2.50. The minimum absolute atomic E-state index is 0.221. The molecule has 0 saturated carbocycles. The van der Waals surface area contributed by atoms with Crippen molar-refractivity contribution in [2.75, 3.05) is 0 Å². The monoisotopic (exact) mass is 496 g/mol. The van der Waals surface area contributed by atoms with E-state index in [0.717, 1.165) is 33.0 Å². The number of para-hydroxylation sites is 2. The molecule has 1 aliphatic rings. The Morgan fingerprint density at radius 3 is 1.72 bits per heavy atom. The third kappa shape index (κ3) is 4.28. The first-order chi connectivity index (χ1) is 15.1. The summed E-state index contributed by atoms with van der Waals surface area (Å²) in [5.41, 5.74) is 6.10. The zero-order valence-corrected chi connectivity index (χ0v) is 21.2. The molecule has 1 saturated heterocycles. The van der Waals surface area contributed by atoms with Crippen LogP contribution in [0.2, 0.25) is 0 Å². The van der Waals surface area contributed by atoms with E-state index < -0.39 is 0 Å². The molecule has 2 aromatic heterocycles. The molecule has 168 valence electrons. The third-order valence-electron chi connectivity index (χ3n) is 6.59. The largest absolute Gasteiger partial charge is 0.464 e. The fraction of sp³-hybridized carbons (Fsp3) is 0.385. The molecule has 3 heterocycles. The minimum atomic E-state index is -0.285. The van der Waals surface area contributed by atoms with Gasteiger partial charge in [0.05, 0.1) is 23.7 Å². The molecule has 0 spiro atoms. The molecule has 0 amide bonds. The summed E-state index contributed by atoms with van der Waals surface area (Å²) in [5, 5.41) is 3.22. The van der Waals surface area contributed by atoms with Gasteiger partial charge in [-0.3, -0.25) is 0 Å². The fourth-order valence-electron chi connectivity index (χ4n) is 4.00. The number of aryl methyl sites for hydroxylation is 2. The van der Waals surface area contributed by atoms with E-state index in [2.05, 4.69) is 93.9 Å². The Bertz CT molecular complexity index is 1220. The Hall–Kier alpha value is -2.02. The predicted octanol–water partition coefficient (Wildman–Crippen LogP) is 7.55. The number of hydrogen-bond donors (Lipinski definition) is 0. The third-order valence-corrected chi connectivity index (χ3v) is 7.19. The Balaban J connectivity index is 0.000000174. The molecule has 0 aliphatic carbocycles. The van der Waals surface area contributed by atoms with Crippen LogP contribution in [0.3, 0.4) is 0 Å². The standard InChI is InChI=1S/C16H21BO3.C10H9BrO/c1-11-7-6-8-13-12(10-18-14(11)13)9-17-19-15(2,3)16(4,5)20-17;1-7-3-2-4-9-8(5-11)6-12-10(7)9/h6-8,10H,9H2,1-5H3;2-4,6H,5H2,1H3. The summed E-state index contributed by atoms with van der Waals surface area (Å²) in [5.74, 6) is 0. The number of alkyl halides is 1. The smallest absolute Gasteiger partial charge is 0.462 e. The van der Waals surface area contributed by atoms with E-state index in [1.165, 1.54) is 16.5 Å². The summed E-state index contributed by atoms with van der Waals surface area (Å²) < 4.78 is 23.2. The molecule has 4 aromatic rings. The minimum Gasteiger partial charge on any atom is -0.464 e. The number of benzene rings is 2. The van der Waals surface area contributed by atoms with Crippen molar-refractivity contribution in [1.82, 2.24) is 0 Å². The highest BCUT2D eigenvalue weighted by atomic mass is 79.9. The van der Waals surface area contributed by atoms with Crippen molar-refractivity contribution in [3.05, 3.63) is 71.2 Å². The van der Waals surface area contributed by atoms with Crippen molar-refractivity contribution in [1.29, 1.82) is 0 Å². The zero-order chi connectivity index (χ0) is 23.1. The predicted molar refractivity (Wildman–Crippen MR) is 134 cm³/mol. The van der Waals surface area contributed by atoms with E-state index in [0.29, 0.717) is 6.32 Å². The molecule has 0 bridgehead atoms. The van der Waals surface area contributed by atoms with E-state index in [1.807, 2.05) is 12.5 Å². The van der Waals surface area contributed by atoms with Crippen molar-refractivity contribution in [2.45, 2.75) is 64.4 Å². The van der Waals surface area contributed by atoms with Crippen LogP contribution in [0.5, 0.6) is 0 Å². The summed E-state index contributed by atoms with van der Waals surface area (Å²) in [6, 6.07) is 12.4. The van der Waals surface area contributed by atoms with Crippen molar-refractivity contribution in [2.24, 2.45) is 0 Å². The van der Waals surface area contributed by atoms with E-state index in [4.69, 9.17) is 18.1 Å². The van der Waals surface area contributed by atoms with Gasteiger partial charge in [0.2, 0.25) is 0 Å². The van der Waals surface area contributed by atoms with Gasteiger partial charge in [0.15, 0.2) is 0 Å². The van der Waals surface area contributed by atoms with Gasteiger partial charge in [-0.1, -0.05) is 52.3 Å². The Morgan fingerprint density at radius 1 is 0.750 bits per heavy atom. The van der Waals surface area contributed by atoms with Crippen LogP contribution in [0.1, 0.15) is 49.9 Å². The van der Waals surface area contributed by atoms with Crippen LogP contribution in [0, 0.1) is 13.8 Å². The van der Waals surface area contributed by atoms with E-state index >= 15 is 0 Å². The molecule has 6 heteroatoms. The average molecular weight is 497 g/mol. The lowest BCUT2D eigenvalue weighted by Gasteiger charge is -2.32. The first-order valence-electron chi connectivity index (χ1n) is 11.0. The molecular formula is C26H30BBrO4. The van der Waals surface area contributed by atoms with Crippen molar-refractivity contribution in [3.8, 4) is 0 Å². The summed E-state index contributed by atoms with van der Waals surface area (Å²) in [6.45, 7) is 12.4. The normalized spacial score (nSPS) is 17.0. The summed E-state index contributed by atoms with van der Waals surface area (Å²) in [4.78, 5) is 0. The molecule has 4 nitrogen and oxygen atoms in total. The van der Waals surface area contributed by atoms with Gasteiger partial charge in [-0.05, 0) is 58.2 Å². The van der Waals surface area contributed by atoms with Gasteiger partial charge in [-0.15, -0.1) is 0 Å². The van der Waals surface area contributed by atoms with Gasteiger partial charge in [0.25, 0.3) is 0 Å². The number of halogens is 1. The van der Waals surface area contributed by atoms with Gasteiger partial charge >= 0.3 is 7.12 Å². The van der Waals surface area contributed by atoms with E-state index in [9.17, 15) is 0 Å². The Morgan fingerprint density at radius 2 is 1.22 bits per heavy atom. The molecule has 0 radical (unpaired) electrons. The molecular weight excluding hydrogens is 467 g/mol. The lowest BCUT2D eigenvalue weighted by Crippen LogP contribution is -2.41. The maximum absolute atomic E-state index is 6.05. The van der Waals surface area contributed by atoms with Crippen LogP contribution in [0.15, 0.2) is 57.8 Å². The lowest BCUT2D eigenvalue weighted by atomic mass is 9.80. The Kier molecular flexibility index (Phi) is 6.32. The van der Waals surface area contributed by atoms with Gasteiger partial charge in [-0.2, -0.15) is 0 Å². The SMILES string of the molecule is Cc1cccc2c(CB3OC(C)(C)C(C)(C)O3)coc12.Cc1cccc2c(CBr)coc12. The van der Waals surface area contributed by atoms with Gasteiger partial charge < -0.3 is 18.1 Å². The molecule has 0 N–H and O–H groups in total. The first-order valence-corrected chi connectivity index (χ1v) is 12.1. The molecule has 32 heavy (non-hydrogen) atoms. The van der Waals surface area contributed by atoms with Crippen LogP contribution in [-0.4, -0.2) is 18.3 Å². The van der Waals surface area contributed by atoms with Crippen LogP contribution < -0.4 is 0 Å². The summed E-state index contributed by atoms with van der Waals surface area (Å²) in [7, 11) is -0.221. The van der Waals surface area contributed by atoms with Gasteiger partial charge in [-0.25, -0.2) is 0 Å². The van der Waals surface area contributed by atoms with E-state index in [-0.39, 0.29) is 18.3 Å². The molecule has 5 rings (SSSR count). The van der Waals surface area contributed by atoms with Crippen molar-refractivity contribution in [3.63, 3.8) is 0 Å². The highest BCUT2D eigenvalue weighted by molar-refractivity contribution is 9.08. The van der Waals surface area contributed by atoms with E-state index in [1.54, 1.807) is 0 Å². The molecule has 0 atom stereocenters. The average Bonchev–Trinajstić information content (AvgIpc) is 3.38. The maximum atomic E-state index is 6.05. The Labute approximate surface area is 198 Å². The number of fused-ring (bicyclic) bond motifs is 2. The molecule has 2 aromatic carbocycles. The maximum Gasteiger partial charge on any atom is 0.462 e. The van der Waals surface area contributed by atoms with Gasteiger partial charge in [0.1, 0.15) is 11.2 Å².